The summed E-state index contributed by atoms with van der Waals surface area (Å²) in [6.07, 6.45) is 0.640. The second-order valence-electron chi connectivity index (χ2n) is 2.25. The van der Waals surface area contributed by atoms with Crippen LogP contribution in [0.2, 0.25) is 0 Å². The fourth-order valence-electron chi connectivity index (χ4n) is 0.901. The van der Waals surface area contributed by atoms with Gasteiger partial charge in [0.2, 0.25) is 0 Å². The van der Waals surface area contributed by atoms with Crippen molar-refractivity contribution in [2.24, 2.45) is 0 Å². The Morgan fingerprint density at radius 3 is 3.10 bits per heavy atom. The maximum atomic E-state index is 11.1. The first-order chi connectivity index (χ1) is 4.84. The van der Waals surface area contributed by atoms with Crippen LogP contribution in [-0.4, -0.2) is 30.0 Å². The molecule has 1 rings (SSSR count). The number of ether oxygens (including phenoxy) is 1. The van der Waals surface area contributed by atoms with E-state index in [1.165, 1.54) is 0 Å². The lowest BCUT2D eigenvalue weighted by atomic mass is 10.2. The molecule has 1 fully saturated rings. The Kier molecular flexibility index (Phi) is 3.22. The van der Waals surface area contributed by atoms with E-state index in [4.69, 9.17) is 4.74 Å². The number of carbonyl (C=O) groups is 1. The van der Waals surface area contributed by atoms with Crippen LogP contribution >= 0.6 is 11.8 Å². The molecule has 0 bridgehead atoms. The van der Waals surface area contributed by atoms with Gasteiger partial charge in [0, 0.05) is 12.2 Å². The first-order valence-electron chi connectivity index (χ1n) is 3.56. The monoisotopic (exact) mass is 160 g/mol. The van der Waals surface area contributed by atoms with Crippen LogP contribution < -0.4 is 0 Å². The summed E-state index contributed by atoms with van der Waals surface area (Å²) in [5.74, 6) is 1.29. The van der Waals surface area contributed by atoms with Crippen molar-refractivity contribution in [3.8, 4) is 0 Å². The Hall–Kier alpha value is -0.0200. The van der Waals surface area contributed by atoms with Gasteiger partial charge in [0.05, 0.1) is 18.5 Å². The standard InChI is InChI=1S/C7H12O2S/c1-2-6(8)7-5-9-3-4-10-7/h7H,2-5H2,1H3. The Morgan fingerprint density at radius 2 is 2.60 bits per heavy atom. The zero-order valence-electron chi connectivity index (χ0n) is 6.13. The van der Waals surface area contributed by atoms with E-state index in [9.17, 15) is 4.79 Å². The minimum absolute atomic E-state index is 0.124. The molecule has 3 heteroatoms. The molecule has 58 valence electrons. The van der Waals surface area contributed by atoms with Gasteiger partial charge in [-0.05, 0) is 0 Å². The van der Waals surface area contributed by atoms with E-state index in [2.05, 4.69) is 0 Å². The predicted molar refractivity (Wildman–Crippen MR) is 42.4 cm³/mol. The third kappa shape index (κ3) is 1.99. The molecular formula is C7H12O2S. The third-order valence-electron chi connectivity index (χ3n) is 1.52. The summed E-state index contributed by atoms with van der Waals surface area (Å²) >= 11 is 1.72. The minimum atomic E-state index is 0.124. The van der Waals surface area contributed by atoms with E-state index in [1.54, 1.807) is 11.8 Å². The highest BCUT2D eigenvalue weighted by Gasteiger charge is 2.19. The number of thioether (sulfide) groups is 1. The second-order valence-corrected chi connectivity index (χ2v) is 3.56. The van der Waals surface area contributed by atoms with Gasteiger partial charge in [0.25, 0.3) is 0 Å². The fourth-order valence-corrected chi connectivity index (χ4v) is 1.94. The van der Waals surface area contributed by atoms with E-state index < -0.39 is 0 Å². The highest BCUT2D eigenvalue weighted by molar-refractivity contribution is 8.00. The summed E-state index contributed by atoms with van der Waals surface area (Å²) in [6.45, 7) is 3.33. The van der Waals surface area contributed by atoms with Crippen molar-refractivity contribution in [2.45, 2.75) is 18.6 Å². The fraction of sp³-hybridized carbons (Fsp3) is 0.857. The number of ketones is 1. The molecule has 1 saturated heterocycles. The molecular weight excluding hydrogens is 148 g/mol. The molecule has 2 nitrogen and oxygen atoms in total. The number of hydrogen-bond donors (Lipinski definition) is 0. The average molecular weight is 160 g/mol. The van der Waals surface area contributed by atoms with Gasteiger partial charge in [-0.25, -0.2) is 0 Å². The van der Waals surface area contributed by atoms with E-state index in [1.807, 2.05) is 6.92 Å². The summed E-state index contributed by atoms with van der Waals surface area (Å²) in [4.78, 5) is 11.1. The molecule has 1 unspecified atom stereocenters. The van der Waals surface area contributed by atoms with Crippen molar-refractivity contribution in [1.82, 2.24) is 0 Å². The Balaban J connectivity index is 2.31. The van der Waals surface area contributed by atoms with Crippen molar-refractivity contribution in [3.63, 3.8) is 0 Å². The zero-order chi connectivity index (χ0) is 7.40. The topological polar surface area (TPSA) is 26.3 Å². The lowest BCUT2D eigenvalue weighted by Gasteiger charge is -2.19. The number of Topliss-reactive ketones (excluding diaryl/α,β-unsaturated/α-hetero) is 1. The molecule has 0 radical (unpaired) electrons. The highest BCUT2D eigenvalue weighted by atomic mass is 32.2. The minimum Gasteiger partial charge on any atom is -0.379 e. The van der Waals surface area contributed by atoms with Gasteiger partial charge >= 0.3 is 0 Å². The van der Waals surface area contributed by atoms with Crippen molar-refractivity contribution < 1.29 is 9.53 Å². The van der Waals surface area contributed by atoms with Crippen LogP contribution in [0.3, 0.4) is 0 Å². The van der Waals surface area contributed by atoms with Crippen molar-refractivity contribution in [3.05, 3.63) is 0 Å². The maximum absolute atomic E-state index is 11.1. The van der Waals surface area contributed by atoms with Gasteiger partial charge in [-0.2, -0.15) is 0 Å². The quantitative estimate of drug-likeness (QED) is 0.605. The number of hydrogen-bond acceptors (Lipinski definition) is 3. The van der Waals surface area contributed by atoms with Crippen LogP contribution in [0.4, 0.5) is 0 Å². The molecule has 0 aromatic heterocycles. The van der Waals surface area contributed by atoms with Gasteiger partial charge in [-0.3, -0.25) is 4.79 Å². The van der Waals surface area contributed by atoms with Gasteiger partial charge in [-0.1, -0.05) is 6.92 Å². The van der Waals surface area contributed by atoms with Gasteiger partial charge in [0.1, 0.15) is 5.78 Å². The molecule has 10 heavy (non-hydrogen) atoms. The van der Waals surface area contributed by atoms with E-state index in [-0.39, 0.29) is 5.25 Å². The Labute approximate surface area is 65.3 Å². The summed E-state index contributed by atoms with van der Waals surface area (Å²) in [5, 5.41) is 0.124. The lowest BCUT2D eigenvalue weighted by Crippen LogP contribution is -2.27. The molecule has 0 saturated carbocycles. The second kappa shape index (κ2) is 3.98. The summed E-state index contributed by atoms with van der Waals surface area (Å²) in [6, 6.07) is 0. The summed E-state index contributed by atoms with van der Waals surface area (Å²) < 4.78 is 5.16. The maximum Gasteiger partial charge on any atom is 0.147 e. The molecule has 0 aliphatic carbocycles. The van der Waals surface area contributed by atoms with Crippen LogP contribution in [-0.2, 0) is 9.53 Å². The predicted octanol–water partition coefficient (Wildman–Crippen LogP) is 1.10. The molecule has 0 N–H and O–H groups in total. The van der Waals surface area contributed by atoms with Gasteiger partial charge in [-0.15, -0.1) is 11.8 Å². The molecule has 1 heterocycles. The van der Waals surface area contributed by atoms with Crippen LogP contribution in [0.15, 0.2) is 0 Å². The average Bonchev–Trinajstić information content (AvgIpc) is 2.05. The Bertz CT molecular complexity index is 119. The van der Waals surface area contributed by atoms with Crippen LogP contribution in [0.1, 0.15) is 13.3 Å². The number of rotatable bonds is 2. The van der Waals surface area contributed by atoms with Crippen LogP contribution in [0, 0.1) is 0 Å². The zero-order valence-corrected chi connectivity index (χ0v) is 6.95. The molecule has 1 aliphatic heterocycles. The first kappa shape index (κ1) is 8.08. The molecule has 0 amide bonds. The highest BCUT2D eigenvalue weighted by Crippen LogP contribution is 2.17. The van der Waals surface area contributed by atoms with Crippen molar-refractivity contribution in [1.29, 1.82) is 0 Å². The van der Waals surface area contributed by atoms with E-state index in [0.717, 1.165) is 12.4 Å². The van der Waals surface area contributed by atoms with Crippen LogP contribution in [0.5, 0.6) is 0 Å². The smallest absolute Gasteiger partial charge is 0.147 e. The van der Waals surface area contributed by atoms with Gasteiger partial charge in [0.15, 0.2) is 0 Å². The van der Waals surface area contributed by atoms with Crippen molar-refractivity contribution in [2.75, 3.05) is 19.0 Å². The molecule has 0 aromatic carbocycles. The van der Waals surface area contributed by atoms with E-state index >= 15 is 0 Å². The van der Waals surface area contributed by atoms with Crippen molar-refractivity contribution >= 4 is 17.5 Å². The third-order valence-corrected chi connectivity index (χ3v) is 2.73. The SMILES string of the molecule is CCC(=O)C1COCCS1. The van der Waals surface area contributed by atoms with E-state index in [0.29, 0.717) is 18.8 Å². The molecule has 1 aliphatic rings. The van der Waals surface area contributed by atoms with Crippen LogP contribution in [0.25, 0.3) is 0 Å². The largest absolute Gasteiger partial charge is 0.379 e. The molecule has 1 atom stereocenters. The van der Waals surface area contributed by atoms with Gasteiger partial charge < -0.3 is 4.74 Å². The summed E-state index contributed by atoms with van der Waals surface area (Å²) in [5.41, 5.74) is 0. The Morgan fingerprint density at radius 1 is 1.80 bits per heavy atom. The number of carbonyl (C=O) groups excluding carboxylic acids is 1. The molecule has 0 aromatic rings. The lowest BCUT2D eigenvalue weighted by molar-refractivity contribution is -0.119. The summed E-state index contributed by atoms with van der Waals surface area (Å²) in [7, 11) is 0. The first-order valence-corrected chi connectivity index (χ1v) is 4.61. The normalized spacial score (nSPS) is 26.3. The molecule has 0 spiro atoms.